The highest BCUT2D eigenvalue weighted by molar-refractivity contribution is 5.00. The highest BCUT2D eigenvalue weighted by Crippen LogP contribution is 2.49. The highest BCUT2D eigenvalue weighted by atomic mass is 16.3. The smallest absolute Gasteiger partial charge is 0.0437 e. The van der Waals surface area contributed by atoms with Crippen molar-refractivity contribution < 1.29 is 5.11 Å². The van der Waals surface area contributed by atoms with Gasteiger partial charge in [-0.25, -0.2) is 0 Å². The third kappa shape index (κ3) is 2.78. The maximum Gasteiger partial charge on any atom is 0.0437 e. The maximum absolute atomic E-state index is 9.32. The normalized spacial score (nSPS) is 32.1. The largest absolute Gasteiger partial charge is 0.396 e. The molecule has 96 valence electrons. The molecule has 1 rings (SSSR count). The molecule has 1 saturated carbocycles. The Labute approximate surface area is 101 Å². The fraction of sp³-hybridized carbons (Fsp3) is 1.00. The molecule has 0 amide bonds. The second kappa shape index (κ2) is 5.05. The summed E-state index contributed by atoms with van der Waals surface area (Å²) in [6.45, 7) is 9.15. The number of aliphatic hydroxyl groups excluding tert-OH is 1. The molecule has 0 heterocycles. The molecule has 2 heteroatoms. The molecule has 0 aliphatic heterocycles. The fourth-order valence-corrected chi connectivity index (χ4v) is 3.33. The van der Waals surface area contributed by atoms with Crippen molar-refractivity contribution in [3.05, 3.63) is 0 Å². The van der Waals surface area contributed by atoms with E-state index in [9.17, 15) is 5.11 Å². The van der Waals surface area contributed by atoms with E-state index < -0.39 is 0 Å². The van der Waals surface area contributed by atoms with Crippen molar-refractivity contribution in [1.29, 1.82) is 0 Å². The predicted octanol–water partition coefficient (Wildman–Crippen LogP) is 2.94. The predicted molar refractivity (Wildman–Crippen MR) is 69.2 cm³/mol. The monoisotopic (exact) mass is 227 g/mol. The minimum absolute atomic E-state index is 0.148. The van der Waals surface area contributed by atoms with E-state index in [2.05, 4.69) is 27.7 Å². The summed E-state index contributed by atoms with van der Waals surface area (Å²) < 4.78 is 0. The van der Waals surface area contributed by atoms with Gasteiger partial charge in [0.15, 0.2) is 0 Å². The first-order valence-corrected chi connectivity index (χ1v) is 6.72. The molecule has 0 spiro atoms. The van der Waals surface area contributed by atoms with Crippen molar-refractivity contribution >= 4 is 0 Å². The van der Waals surface area contributed by atoms with Crippen molar-refractivity contribution in [2.75, 3.05) is 6.61 Å². The average molecular weight is 227 g/mol. The minimum Gasteiger partial charge on any atom is -0.396 e. The lowest BCUT2D eigenvalue weighted by molar-refractivity contribution is 0.0196. The summed E-state index contributed by atoms with van der Waals surface area (Å²) >= 11 is 0. The standard InChI is InChI=1S/C14H29NO/c1-11(2)12-6-5-7-14(10-12,8-9-16)13(3,4)15/h11-12,16H,5-10,15H2,1-4H3. The zero-order valence-electron chi connectivity index (χ0n) is 11.4. The van der Waals surface area contributed by atoms with Gasteiger partial charge in [-0.3, -0.25) is 0 Å². The number of nitrogens with two attached hydrogens (primary N) is 1. The fourth-order valence-electron chi connectivity index (χ4n) is 3.33. The van der Waals surface area contributed by atoms with E-state index in [1.165, 1.54) is 25.7 Å². The minimum atomic E-state index is -0.177. The second-order valence-corrected chi connectivity index (χ2v) is 6.58. The lowest BCUT2D eigenvalue weighted by Gasteiger charge is -2.50. The third-order valence-electron chi connectivity index (χ3n) is 4.78. The van der Waals surface area contributed by atoms with E-state index in [0.717, 1.165) is 18.3 Å². The van der Waals surface area contributed by atoms with Crippen LogP contribution in [0.1, 0.15) is 59.8 Å². The molecular formula is C14H29NO. The van der Waals surface area contributed by atoms with Crippen molar-refractivity contribution in [1.82, 2.24) is 0 Å². The van der Waals surface area contributed by atoms with Gasteiger partial charge in [-0.1, -0.05) is 26.7 Å². The van der Waals surface area contributed by atoms with Crippen LogP contribution in [0.2, 0.25) is 0 Å². The molecule has 0 bridgehead atoms. The van der Waals surface area contributed by atoms with Crippen LogP contribution in [0.25, 0.3) is 0 Å². The van der Waals surface area contributed by atoms with E-state index in [1.54, 1.807) is 0 Å². The van der Waals surface area contributed by atoms with Crippen LogP contribution < -0.4 is 5.73 Å². The topological polar surface area (TPSA) is 46.2 Å². The van der Waals surface area contributed by atoms with E-state index in [-0.39, 0.29) is 17.6 Å². The van der Waals surface area contributed by atoms with Crippen LogP contribution in [-0.4, -0.2) is 17.3 Å². The zero-order valence-corrected chi connectivity index (χ0v) is 11.4. The molecule has 0 radical (unpaired) electrons. The Hall–Kier alpha value is -0.0800. The zero-order chi connectivity index (χ0) is 12.4. The third-order valence-corrected chi connectivity index (χ3v) is 4.78. The first-order chi connectivity index (χ1) is 7.32. The van der Waals surface area contributed by atoms with Gasteiger partial charge in [0.1, 0.15) is 0 Å². The lowest BCUT2D eigenvalue weighted by Crippen LogP contribution is -2.53. The summed E-state index contributed by atoms with van der Waals surface area (Å²) in [4.78, 5) is 0. The summed E-state index contributed by atoms with van der Waals surface area (Å²) in [5.74, 6) is 1.52. The molecule has 0 aromatic rings. The van der Waals surface area contributed by atoms with Gasteiger partial charge < -0.3 is 10.8 Å². The Kier molecular flexibility index (Phi) is 4.42. The van der Waals surface area contributed by atoms with Crippen LogP contribution in [0, 0.1) is 17.3 Å². The Morgan fingerprint density at radius 3 is 2.50 bits per heavy atom. The van der Waals surface area contributed by atoms with Gasteiger partial charge >= 0.3 is 0 Å². The molecule has 0 aromatic carbocycles. The second-order valence-electron chi connectivity index (χ2n) is 6.58. The van der Waals surface area contributed by atoms with Gasteiger partial charge in [-0.15, -0.1) is 0 Å². The van der Waals surface area contributed by atoms with Crippen molar-refractivity contribution in [2.45, 2.75) is 65.3 Å². The van der Waals surface area contributed by atoms with Gasteiger partial charge in [-0.05, 0) is 50.4 Å². The molecule has 3 N–H and O–H groups in total. The van der Waals surface area contributed by atoms with Crippen LogP contribution >= 0.6 is 0 Å². The van der Waals surface area contributed by atoms with Crippen LogP contribution in [-0.2, 0) is 0 Å². The molecule has 2 nitrogen and oxygen atoms in total. The van der Waals surface area contributed by atoms with Gasteiger partial charge in [0.05, 0.1) is 0 Å². The average Bonchev–Trinajstić information content (AvgIpc) is 2.17. The quantitative estimate of drug-likeness (QED) is 0.775. The van der Waals surface area contributed by atoms with Gasteiger partial charge in [0.2, 0.25) is 0 Å². The molecule has 2 unspecified atom stereocenters. The number of aliphatic hydroxyl groups is 1. The Balaban J connectivity index is 2.85. The SMILES string of the molecule is CC(C)C1CCCC(CCO)(C(C)(C)N)C1. The van der Waals surface area contributed by atoms with E-state index in [4.69, 9.17) is 5.73 Å². The van der Waals surface area contributed by atoms with Gasteiger partial charge in [-0.2, -0.15) is 0 Å². The summed E-state index contributed by atoms with van der Waals surface area (Å²) in [6.07, 6.45) is 5.83. The highest BCUT2D eigenvalue weighted by Gasteiger charge is 2.45. The molecule has 16 heavy (non-hydrogen) atoms. The summed E-state index contributed by atoms with van der Waals surface area (Å²) in [6, 6.07) is 0. The molecule has 0 aromatic heterocycles. The van der Waals surface area contributed by atoms with Crippen molar-refractivity contribution in [3.8, 4) is 0 Å². The Morgan fingerprint density at radius 1 is 1.44 bits per heavy atom. The van der Waals surface area contributed by atoms with E-state index in [1.807, 2.05) is 0 Å². The maximum atomic E-state index is 9.32. The molecule has 1 fully saturated rings. The molecule has 1 aliphatic carbocycles. The van der Waals surface area contributed by atoms with Crippen LogP contribution in [0.3, 0.4) is 0 Å². The number of hydrogen-bond acceptors (Lipinski definition) is 2. The molecule has 0 saturated heterocycles. The summed E-state index contributed by atoms with van der Waals surface area (Å²) in [7, 11) is 0. The first-order valence-electron chi connectivity index (χ1n) is 6.72. The van der Waals surface area contributed by atoms with Gasteiger partial charge in [0, 0.05) is 12.1 Å². The Bertz CT molecular complexity index is 215. The first kappa shape index (κ1) is 14.0. The molecule has 1 aliphatic rings. The molecular weight excluding hydrogens is 198 g/mol. The lowest BCUT2D eigenvalue weighted by atomic mass is 9.57. The van der Waals surface area contributed by atoms with E-state index in [0.29, 0.717) is 0 Å². The molecule has 2 atom stereocenters. The van der Waals surface area contributed by atoms with Crippen LogP contribution in [0.15, 0.2) is 0 Å². The van der Waals surface area contributed by atoms with Crippen LogP contribution in [0.4, 0.5) is 0 Å². The van der Waals surface area contributed by atoms with Crippen molar-refractivity contribution in [3.63, 3.8) is 0 Å². The Morgan fingerprint density at radius 2 is 2.06 bits per heavy atom. The number of hydrogen-bond donors (Lipinski definition) is 2. The van der Waals surface area contributed by atoms with E-state index >= 15 is 0 Å². The van der Waals surface area contributed by atoms with Gasteiger partial charge in [0.25, 0.3) is 0 Å². The number of rotatable bonds is 4. The van der Waals surface area contributed by atoms with Crippen molar-refractivity contribution in [2.24, 2.45) is 23.0 Å². The van der Waals surface area contributed by atoms with Crippen LogP contribution in [0.5, 0.6) is 0 Å². The summed E-state index contributed by atoms with van der Waals surface area (Å²) in [5.41, 5.74) is 6.35. The summed E-state index contributed by atoms with van der Waals surface area (Å²) in [5, 5.41) is 9.32.